The number of carbonyl (C=O) groups excluding carboxylic acids is 2. The summed E-state index contributed by atoms with van der Waals surface area (Å²) in [6, 6.07) is 7.91. The highest BCUT2D eigenvalue weighted by atomic mass is 32.1. The maximum absolute atomic E-state index is 13.1. The van der Waals surface area contributed by atoms with Crippen molar-refractivity contribution in [3.05, 3.63) is 57.5 Å². The minimum atomic E-state index is -0.458. The second-order valence-electron chi connectivity index (χ2n) is 5.22. The van der Waals surface area contributed by atoms with E-state index in [1.54, 1.807) is 23.5 Å². The number of amides is 2. The van der Waals surface area contributed by atoms with E-state index in [0.717, 1.165) is 16.0 Å². The van der Waals surface area contributed by atoms with Gasteiger partial charge in [0.15, 0.2) is 0 Å². The number of hydrogen-bond acceptors (Lipinski definition) is 3. The number of nitrogens with one attached hydrogen (secondary N) is 1. The normalized spacial score (nSPS) is 22.2. The minimum absolute atomic E-state index is 0.184. The van der Waals surface area contributed by atoms with Crippen LogP contribution in [0.25, 0.3) is 0 Å². The monoisotopic (exact) mass is 303 g/mol. The van der Waals surface area contributed by atoms with E-state index in [1.807, 2.05) is 18.4 Å². The lowest BCUT2D eigenvalue weighted by atomic mass is 9.79. The smallest absolute Gasteiger partial charge is 0.234 e. The van der Waals surface area contributed by atoms with Gasteiger partial charge in [-0.3, -0.25) is 14.9 Å². The molecule has 1 aliphatic rings. The molecule has 0 radical (unpaired) electrons. The minimum Gasteiger partial charge on any atom is -0.296 e. The highest BCUT2D eigenvalue weighted by molar-refractivity contribution is 7.10. The third-order valence-corrected chi connectivity index (χ3v) is 4.97. The van der Waals surface area contributed by atoms with Crippen molar-refractivity contribution in [3.8, 4) is 0 Å². The molecule has 5 heteroatoms. The lowest BCUT2D eigenvalue weighted by Crippen LogP contribution is -2.43. The van der Waals surface area contributed by atoms with Crippen LogP contribution in [0.3, 0.4) is 0 Å². The quantitative estimate of drug-likeness (QED) is 0.867. The first-order valence-corrected chi connectivity index (χ1v) is 7.57. The SMILES string of the molecule is Cc1ccsc1C1CC(=O)NC(=O)C1c1ccc(F)cc1. The second-order valence-corrected chi connectivity index (χ2v) is 6.17. The molecular weight excluding hydrogens is 289 g/mol. The number of rotatable bonds is 2. The van der Waals surface area contributed by atoms with Crippen molar-refractivity contribution in [2.75, 3.05) is 0 Å². The Morgan fingerprint density at radius 1 is 1.19 bits per heavy atom. The van der Waals surface area contributed by atoms with E-state index >= 15 is 0 Å². The largest absolute Gasteiger partial charge is 0.296 e. The van der Waals surface area contributed by atoms with E-state index in [4.69, 9.17) is 0 Å². The standard InChI is InChI=1S/C16H14FNO2S/c1-9-6-7-21-15(9)12-8-13(19)18-16(20)14(12)10-2-4-11(17)5-3-10/h2-7,12,14H,8H2,1H3,(H,18,19,20). The summed E-state index contributed by atoms with van der Waals surface area (Å²) in [6.45, 7) is 1.98. The molecule has 1 aromatic heterocycles. The zero-order chi connectivity index (χ0) is 15.0. The summed E-state index contributed by atoms with van der Waals surface area (Å²) in [6.07, 6.45) is 0.273. The predicted molar refractivity (Wildman–Crippen MR) is 78.7 cm³/mol. The van der Waals surface area contributed by atoms with Gasteiger partial charge in [-0.2, -0.15) is 0 Å². The third kappa shape index (κ3) is 2.61. The average molecular weight is 303 g/mol. The molecule has 1 N–H and O–H groups in total. The lowest BCUT2D eigenvalue weighted by molar-refractivity contribution is -0.135. The number of hydrogen-bond donors (Lipinski definition) is 1. The van der Waals surface area contributed by atoms with Gasteiger partial charge in [0.05, 0.1) is 5.92 Å². The Bertz CT molecular complexity index is 693. The third-order valence-electron chi connectivity index (χ3n) is 3.82. The van der Waals surface area contributed by atoms with Gasteiger partial charge in [-0.15, -0.1) is 11.3 Å². The van der Waals surface area contributed by atoms with Crippen molar-refractivity contribution < 1.29 is 14.0 Å². The molecule has 3 rings (SSSR count). The Kier molecular flexibility index (Phi) is 3.59. The average Bonchev–Trinajstić information content (AvgIpc) is 2.85. The maximum Gasteiger partial charge on any atom is 0.234 e. The molecule has 0 aliphatic carbocycles. The molecule has 1 fully saturated rings. The number of carbonyl (C=O) groups is 2. The zero-order valence-corrected chi connectivity index (χ0v) is 12.2. The van der Waals surface area contributed by atoms with Gasteiger partial charge in [0, 0.05) is 17.2 Å². The van der Waals surface area contributed by atoms with Gasteiger partial charge < -0.3 is 0 Å². The number of thiophene rings is 1. The van der Waals surface area contributed by atoms with Crippen LogP contribution in [-0.2, 0) is 9.59 Å². The van der Waals surface area contributed by atoms with E-state index in [0.29, 0.717) is 0 Å². The van der Waals surface area contributed by atoms with Crippen molar-refractivity contribution in [1.82, 2.24) is 5.32 Å². The number of imide groups is 1. The van der Waals surface area contributed by atoms with E-state index in [2.05, 4.69) is 5.32 Å². The van der Waals surface area contributed by atoms with Crippen LogP contribution in [0.5, 0.6) is 0 Å². The van der Waals surface area contributed by atoms with Gasteiger partial charge >= 0.3 is 0 Å². The van der Waals surface area contributed by atoms with Crippen molar-refractivity contribution in [3.63, 3.8) is 0 Å². The van der Waals surface area contributed by atoms with Crippen molar-refractivity contribution in [2.45, 2.75) is 25.2 Å². The first-order chi connectivity index (χ1) is 10.1. The van der Waals surface area contributed by atoms with Gasteiger partial charge in [-0.1, -0.05) is 12.1 Å². The molecular formula is C16H14FNO2S. The zero-order valence-electron chi connectivity index (χ0n) is 11.4. The fraction of sp³-hybridized carbons (Fsp3) is 0.250. The number of benzene rings is 1. The predicted octanol–water partition coefficient (Wildman–Crippen LogP) is 3.11. The Morgan fingerprint density at radius 3 is 2.52 bits per heavy atom. The number of halogens is 1. The molecule has 21 heavy (non-hydrogen) atoms. The Hall–Kier alpha value is -2.01. The molecule has 2 amide bonds. The Morgan fingerprint density at radius 2 is 1.90 bits per heavy atom. The first kappa shape index (κ1) is 13.9. The summed E-state index contributed by atoms with van der Waals surface area (Å²) in [4.78, 5) is 25.1. The Balaban J connectivity index is 2.05. The summed E-state index contributed by atoms with van der Waals surface area (Å²) >= 11 is 1.56. The molecule has 2 aromatic rings. The molecule has 2 heterocycles. The Labute approximate surface area is 125 Å². The lowest BCUT2D eigenvalue weighted by Gasteiger charge is -2.30. The van der Waals surface area contributed by atoms with Crippen LogP contribution in [0.1, 0.15) is 34.3 Å². The molecule has 0 spiro atoms. The van der Waals surface area contributed by atoms with Gasteiger partial charge in [-0.25, -0.2) is 4.39 Å². The second kappa shape index (κ2) is 5.41. The van der Waals surface area contributed by atoms with Gasteiger partial charge in [0.2, 0.25) is 11.8 Å². The number of piperidine rings is 1. The highest BCUT2D eigenvalue weighted by Crippen LogP contribution is 2.41. The summed E-state index contributed by atoms with van der Waals surface area (Å²) < 4.78 is 13.1. The molecule has 3 nitrogen and oxygen atoms in total. The van der Waals surface area contributed by atoms with Crippen molar-refractivity contribution >= 4 is 23.2 Å². The molecule has 1 saturated heterocycles. The summed E-state index contributed by atoms with van der Waals surface area (Å²) in [5.41, 5.74) is 1.82. The van der Waals surface area contributed by atoms with Gasteiger partial charge in [-0.05, 0) is 41.6 Å². The van der Waals surface area contributed by atoms with E-state index in [-0.39, 0.29) is 30.0 Å². The van der Waals surface area contributed by atoms with Crippen LogP contribution in [0, 0.1) is 12.7 Å². The van der Waals surface area contributed by atoms with Crippen LogP contribution in [0.4, 0.5) is 4.39 Å². The van der Waals surface area contributed by atoms with Crippen LogP contribution in [-0.4, -0.2) is 11.8 Å². The van der Waals surface area contributed by atoms with Crippen LogP contribution < -0.4 is 5.32 Å². The molecule has 2 atom stereocenters. The molecule has 108 valence electrons. The maximum atomic E-state index is 13.1. The highest BCUT2D eigenvalue weighted by Gasteiger charge is 2.39. The molecule has 1 aromatic carbocycles. The fourth-order valence-corrected chi connectivity index (χ4v) is 3.90. The summed E-state index contributed by atoms with van der Waals surface area (Å²) in [7, 11) is 0. The summed E-state index contributed by atoms with van der Waals surface area (Å²) in [5.74, 6) is -1.54. The van der Waals surface area contributed by atoms with E-state index < -0.39 is 5.92 Å². The van der Waals surface area contributed by atoms with Crippen molar-refractivity contribution in [1.29, 1.82) is 0 Å². The van der Waals surface area contributed by atoms with Crippen molar-refractivity contribution in [2.24, 2.45) is 0 Å². The van der Waals surface area contributed by atoms with E-state index in [9.17, 15) is 14.0 Å². The van der Waals surface area contributed by atoms with Gasteiger partial charge in [0.25, 0.3) is 0 Å². The molecule has 0 saturated carbocycles. The summed E-state index contributed by atoms with van der Waals surface area (Å²) in [5, 5.41) is 4.35. The van der Waals surface area contributed by atoms with Crippen LogP contribution in [0.2, 0.25) is 0 Å². The fourth-order valence-electron chi connectivity index (χ4n) is 2.83. The molecule has 0 bridgehead atoms. The number of aryl methyl sites for hydroxylation is 1. The van der Waals surface area contributed by atoms with Crippen LogP contribution >= 0.6 is 11.3 Å². The van der Waals surface area contributed by atoms with E-state index in [1.165, 1.54) is 12.1 Å². The van der Waals surface area contributed by atoms with Gasteiger partial charge in [0.1, 0.15) is 5.82 Å². The first-order valence-electron chi connectivity index (χ1n) is 6.69. The molecule has 2 unspecified atom stereocenters. The topological polar surface area (TPSA) is 46.2 Å². The van der Waals surface area contributed by atoms with Crippen LogP contribution in [0.15, 0.2) is 35.7 Å². The molecule has 1 aliphatic heterocycles.